The van der Waals surface area contributed by atoms with Crippen LogP contribution in [0.15, 0.2) is 48.5 Å². The van der Waals surface area contributed by atoms with Gasteiger partial charge in [-0.1, -0.05) is 42.5 Å². The van der Waals surface area contributed by atoms with E-state index in [-0.39, 0.29) is 11.7 Å². The molecule has 0 spiro atoms. The summed E-state index contributed by atoms with van der Waals surface area (Å²) < 4.78 is 13.4. The van der Waals surface area contributed by atoms with Gasteiger partial charge < -0.3 is 5.32 Å². The molecular weight excluding hydrogens is 253 g/mol. The van der Waals surface area contributed by atoms with Gasteiger partial charge in [-0.2, -0.15) is 0 Å². The summed E-state index contributed by atoms with van der Waals surface area (Å²) in [4.78, 5) is 11.8. The minimum atomic E-state index is -0.222. The van der Waals surface area contributed by atoms with E-state index >= 15 is 0 Å². The lowest BCUT2D eigenvalue weighted by Crippen LogP contribution is -2.27. The zero-order chi connectivity index (χ0) is 14.4. The van der Waals surface area contributed by atoms with Crippen LogP contribution >= 0.6 is 0 Å². The fourth-order valence-corrected chi connectivity index (χ4v) is 2.08. The summed E-state index contributed by atoms with van der Waals surface area (Å²) in [5.74, 6) is -0.253. The van der Waals surface area contributed by atoms with Crippen LogP contribution in [0.25, 0.3) is 0 Å². The van der Waals surface area contributed by atoms with Crippen molar-refractivity contribution in [3.05, 3.63) is 71.0 Å². The molecule has 0 saturated carbocycles. The van der Waals surface area contributed by atoms with Gasteiger partial charge in [0.1, 0.15) is 5.82 Å². The summed E-state index contributed by atoms with van der Waals surface area (Å²) in [6.07, 6.45) is 0.871. The first kappa shape index (κ1) is 14.3. The summed E-state index contributed by atoms with van der Waals surface area (Å²) in [7, 11) is 0. The van der Waals surface area contributed by atoms with Gasteiger partial charge in [0.2, 0.25) is 5.91 Å². The number of aryl methyl sites for hydroxylation is 1. The highest BCUT2D eigenvalue weighted by atomic mass is 19.1. The second-order valence-corrected chi connectivity index (χ2v) is 4.79. The Morgan fingerprint density at radius 2 is 1.70 bits per heavy atom. The lowest BCUT2D eigenvalue weighted by atomic mass is 10.1. The van der Waals surface area contributed by atoms with E-state index < -0.39 is 0 Å². The zero-order valence-electron chi connectivity index (χ0n) is 11.5. The third-order valence-corrected chi connectivity index (χ3v) is 3.29. The molecule has 0 saturated heterocycles. The second-order valence-electron chi connectivity index (χ2n) is 4.79. The van der Waals surface area contributed by atoms with Crippen molar-refractivity contribution in [2.45, 2.75) is 19.8 Å². The molecule has 0 aliphatic rings. The molecule has 0 aromatic heterocycles. The largest absolute Gasteiger partial charge is 0.355 e. The van der Waals surface area contributed by atoms with Gasteiger partial charge in [0.05, 0.1) is 6.42 Å². The maximum absolute atomic E-state index is 13.4. The molecule has 0 radical (unpaired) electrons. The SMILES string of the molecule is Cc1ccccc1CC(=O)NCCc1ccccc1F. The van der Waals surface area contributed by atoms with E-state index in [1.165, 1.54) is 6.07 Å². The molecular formula is C17H18FNO. The quantitative estimate of drug-likeness (QED) is 0.889. The molecule has 0 fully saturated rings. The lowest BCUT2D eigenvalue weighted by molar-refractivity contribution is -0.120. The number of halogens is 1. The summed E-state index contributed by atoms with van der Waals surface area (Å²) >= 11 is 0. The molecule has 2 nitrogen and oxygen atoms in total. The monoisotopic (exact) mass is 271 g/mol. The van der Waals surface area contributed by atoms with Gasteiger partial charge in [0.15, 0.2) is 0 Å². The Bertz CT molecular complexity index is 595. The van der Waals surface area contributed by atoms with Crippen molar-refractivity contribution in [1.29, 1.82) is 0 Å². The average Bonchev–Trinajstić information content (AvgIpc) is 2.43. The third-order valence-electron chi connectivity index (χ3n) is 3.29. The van der Waals surface area contributed by atoms with Crippen LogP contribution in [-0.2, 0) is 17.6 Å². The first-order valence-corrected chi connectivity index (χ1v) is 6.71. The van der Waals surface area contributed by atoms with Crippen LogP contribution in [0.2, 0.25) is 0 Å². The van der Waals surface area contributed by atoms with E-state index in [9.17, 15) is 9.18 Å². The van der Waals surface area contributed by atoms with E-state index in [1.807, 2.05) is 31.2 Å². The predicted octanol–water partition coefficient (Wildman–Crippen LogP) is 3.04. The van der Waals surface area contributed by atoms with Gasteiger partial charge in [-0.15, -0.1) is 0 Å². The molecule has 2 aromatic rings. The number of hydrogen-bond acceptors (Lipinski definition) is 1. The molecule has 0 aliphatic heterocycles. The molecule has 2 aromatic carbocycles. The average molecular weight is 271 g/mol. The van der Waals surface area contributed by atoms with Crippen molar-refractivity contribution in [3.8, 4) is 0 Å². The van der Waals surface area contributed by atoms with Crippen LogP contribution in [0, 0.1) is 12.7 Å². The van der Waals surface area contributed by atoms with Crippen LogP contribution in [0.3, 0.4) is 0 Å². The van der Waals surface area contributed by atoms with Crippen molar-refractivity contribution in [1.82, 2.24) is 5.32 Å². The number of amides is 1. The molecule has 0 atom stereocenters. The fraction of sp³-hybridized carbons (Fsp3) is 0.235. The number of rotatable bonds is 5. The fourth-order valence-electron chi connectivity index (χ4n) is 2.08. The molecule has 1 amide bonds. The van der Waals surface area contributed by atoms with Crippen LogP contribution in [-0.4, -0.2) is 12.5 Å². The minimum Gasteiger partial charge on any atom is -0.355 e. The van der Waals surface area contributed by atoms with Crippen LogP contribution in [0.5, 0.6) is 0 Å². The Kier molecular flexibility index (Phi) is 4.88. The molecule has 0 bridgehead atoms. The Labute approximate surface area is 118 Å². The lowest BCUT2D eigenvalue weighted by Gasteiger charge is -2.08. The molecule has 0 heterocycles. The molecule has 104 valence electrons. The van der Waals surface area contributed by atoms with Crippen molar-refractivity contribution in [3.63, 3.8) is 0 Å². The van der Waals surface area contributed by atoms with E-state index in [4.69, 9.17) is 0 Å². The van der Waals surface area contributed by atoms with Gasteiger partial charge >= 0.3 is 0 Å². The predicted molar refractivity (Wildman–Crippen MR) is 78.0 cm³/mol. The van der Waals surface area contributed by atoms with Crippen LogP contribution in [0.1, 0.15) is 16.7 Å². The van der Waals surface area contributed by atoms with Gasteiger partial charge in [-0.3, -0.25) is 4.79 Å². The first-order chi connectivity index (χ1) is 9.66. The minimum absolute atomic E-state index is 0.0318. The Hall–Kier alpha value is -2.16. The summed E-state index contributed by atoms with van der Waals surface area (Å²) in [6, 6.07) is 14.5. The Morgan fingerprint density at radius 1 is 1.05 bits per heavy atom. The Balaban J connectivity index is 1.82. The normalized spacial score (nSPS) is 10.3. The van der Waals surface area contributed by atoms with Crippen molar-refractivity contribution in [2.24, 2.45) is 0 Å². The maximum atomic E-state index is 13.4. The number of nitrogens with one attached hydrogen (secondary N) is 1. The highest BCUT2D eigenvalue weighted by Crippen LogP contribution is 2.08. The van der Waals surface area contributed by atoms with E-state index in [0.29, 0.717) is 24.9 Å². The number of carbonyl (C=O) groups is 1. The molecule has 0 aliphatic carbocycles. The zero-order valence-corrected chi connectivity index (χ0v) is 11.5. The van der Waals surface area contributed by atoms with Gasteiger partial charge in [-0.25, -0.2) is 4.39 Å². The summed E-state index contributed by atoms with van der Waals surface area (Å²) in [5.41, 5.74) is 2.76. The second kappa shape index (κ2) is 6.85. The standard InChI is InChI=1S/C17H18FNO/c1-13-6-2-3-8-15(13)12-17(20)19-11-10-14-7-4-5-9-16(14)18/h2-9H,10-12H2,1H3,(H,19,20). The number of hydrogen-bond donors (Lipinski definition) is 1. The topological polar surface area (TPSA) is 29.1 Å². The first-order valence-electron chi connectivity index (χ1n) is 6.71. The smallest absolute Gasteiger partial charge is 0.224 e. The van der Waals surface area contributed by atoms with Crippen molar-refractivity contribution in [2.75, 3.05) is 6.54 Å². The van der Waals surface area contributed by atoms with Gasteiger partial charge in [0.25, 0.3) is 0 Å². The maximum Gasteiger partial charge on any atom is 0.224 e. The highest BCUT2D eigenvalue weighted by molar-refractivity contribution is 5.78. The van der Waals surface area contributed by atoms with Crippen molar-refractivity contribution >= 4 is 5.91 Å². The summed E-state index contributed by atoms with van der Waals surface area (Å²) in [5, 5.41) is 2.83. The highest BCUT2D eigenvalue weighted by Gasteiger charge is 2.06. The van der Waals surface area contributed by atoms with E-state index in [0.717, 1.165) is 11.1 Å². The van der Waals surface area contributed by atoms with Crippen LogP contribution in [0.4, 0.5) is 4.39 Å². The molecule has 1 N–H and O–H groups in total. The third kappa shape index (κ3) is 3.92. The van der Waals surface area contributed by atoms with E-state index in [1.54, 1.807) is 18.2 Å². The van der Waals surface area contributed by atoms with Crippen LogP contribution < -0.4 is 5.32 Å². The van der Waals surface area contributed by atoms with Gasteiger partial charge in [0, 0.05) is 6.54 Å². The van der Waals surface area contributed by atoms with E-state index in [2.05, 4.69) is 5.32 Å². The molecule has 2 rings (SSSR count). The van der Waals surface area contributed by atoms with Crippen molar-refractivity contribution < 1.29 is 9.18 Å². The molecule has 20 heavy (non-hydrogen) atoms. The summed E-state index contributed by atoms with van der Waals surface area (Å²) in [6.45, 7) is 2.44. The Morgan fingerprint density at radius 3 is 2.40 bits per heavy atom. The molecule has 0 unspecified atom stereocenters. The number of benzene rings is 2. The molecule has 3 heteroatoms. The number of carbonyl (C=O) groups excluding carboxylic acids is 1. The van der Waals surface area contributed by atoms with Gasteiger partial charge in [-0.05, 0) is 36.1 Å².